The van der Waals surface area contributed by atoms with E-state index in [1.54, 1.807) is 6.20 Å². The highest BCUT2D eigenvalue weighted by molar-refractivity contribution is 6.30. The van der Waals surface area contributed by atoms with Crippen molar-refractivity contribution in [1.82, 2.24) is 10.3 Å². The highest BCUT2D eigenvalue weighted by Crippen LogP contribution is 2.23. The molecule has 2 aromatic rings. The predicted molar refractivity (Wildman–Crippen MR) is 112 cm³/mol. The number of carbonyl (C=O) groups excluding carboxylic acids is 1. The van der Waals surface area contributed by atoms with Gasteiger partial charge in [-0.3, -0.25) is 9.78 Å². The predicted octanol–water partition coefficient (Wildman–Crippen LogP) is 3.84. The minimum absolute atomic E-state index is 0.102. The standard InChI is InChI=1S/C21H27ClN4O/c1-16(2)6-8-24-21(27)20-15-19(7-9-23-20)26-12-10-25(11-13-26)18-5-3-4-17(22)14-18/h3-5,7,9,14-16H,6,8,10-13H2,1-2H3,(H,24,27). The van der Waals surface area contributed by atoms with Gasteiger partial charge < -0.3 is 15.1 Å². The van der Waals surface area contributed by atoms with E-state index in [4.69, 9.17) is 11.6 Å². The lowest BCUT2D eigenvalue weighted by molar-refractivity contribution is 0.0947. The first kappa shape index (κ1) is 19.5. The van der Waals surface area contributed by atoms with Crippen LogP contribution in [0.4, 0.5) is 11.4 Å². The molecule has 1 fully saturated rings. The summed E-state index contributed by atoms with van der Waals surface area (Å²) in [5, 5.41) is 3.71. The van der Waals surface area contributed by atoms with Crippen LogP contribution in [0.2, 0.25) is 5.02 Å². The second-order valence-electron chi connectivity index (χ2n) is 7.29. The van der Waals surface area contributed by atoms with Crippen molar-refractivity contribution in [1.29, 1.82) is 0 Å². The molecule has 0 atom stereocenters. The average molecular weight is 387 g/mol. The lowest BCUT2D eigenvalue weighted by Crippen LogP contribution is -2.46. The lowest BCUT2D eigenvalue weighted by Gasteiger charge is -2.37. The highest BCUT2D eigenvalue weighted by Gasteiger charge is 2.19. The summed E-state index contributed by atoms with van der Waals surface area (Å²) in [6.45, 7) is 8.59. The number of piperazine rings is 1. The zero-order valence-electron chi connectivity index (χ0n) is 16.0. The van der Waals surface area contributed by atoms with E-state index in [-0.39, 0.29) is 5.91 Å². The third-order valence-corrected chi connectivity index (χ3v) is 5.04. The fourth-order valence-electron chi connectivity index (χ4n) is 3.20. The van der Waals surface area contributed by atoms with Gasteiger partial charge >= 0.3 is 0 Å². The molecule has 2 heterocycles. The maximum Gasteiger partial charge on any atom is 0.269 e. The van der Waals surface area contributed by atoms with Crippen LogP contribution in [-0.2, 0) is 0 Å². The first-order chi connectivity index (χ1) is 13.0. The molecular weight excluding hydrogens is 360 g/mol. The van der Waals surface area contributed by atoms with Crippen molar-refractivity contribution in [2.45, 2.75) is 20.3 Å². The number of halogens is 1. The summed E-state index contributed by atoms with van der Waals surface area (Å²) in [7, 11) is 0. The Bertz CT molecular complexity index is 772. The summed E-state index contributed by atoms with van der Waals surface area (Å²) in [4.78, 5) is 21.2. The molecule has 1 aliphatic heterocycles. The Balaban J connectivity index is 1.59. The van der Waals surface area contributed by atoms with Crippen molar-refractivity contribution in [3.8, 4) is 0 Å². The molecule has 1 aliphatic rings. The van der Waals surface area contributed by atoms with Crippen molar-refractivity contribution in [3.05, 3.63) is 53.3 Å². The number of carbonyl (C=O) groups is 1. The fourth-order valence-corrected chi connectivity index (χ4v) is 3.39. The van der Waals surface area contributed by atoms with E-state index in [0.717, 1.165) is 49.0 Å². The zero-order valence-corrected chi connectivity index (χ0v) is 16.7. The van der Waals surface area contributed by atoms with Crippen LogP contribution in [0.3, 0.4) is 0 Å². The Morgan fingerprint density at radius 2 is 1.78 bits per heavy atom. The highest BCUT2D eigenvalue weighted by atomic mass is 35.5. The van der Waals surface area contributed by atoms with E-state index in [1.807, 2.05) is 30.3 Å². The minimum Gasteiger partial charge on any atom is -0.368 e. The number of aromatic nitrogens is 1. The topological polar surface area (TPSA) is 48.5 Å². The number of nitrogens with zero attached hydrogens (tertiary/aromatic N) is 3. The van der Waals surface area contributed by atoms with Gasteiger partial charge in [0.2, 0.25) is 0 Å². The van der Waals surface area contributed by atoms with Gasteiger partial charge in [0.05, 0.1) is 0 Å². The molecule has 144 valence electrons. The van der Waals surface area contributed by atoms with Gasteiger partial charge in [-0.15, -0.1) is 0 Å². The van der Waals surface area contributed by atoms with Crippen LogP contribution < -0.4 is 15.1 Å². The minimum atomic E-state index is -0.102. The molecule has 27 heavy (non-hydrogen) atoms. The van der Waals surface area contributed by atoms with Crippen LogP contribution in [-0.4, -0.2) is 43.6 Å². The van der Waals surface area contributed by atoms with Gasteiger partial charge in [-0.05, 0) is 42.7 Å². The third-order valence-electron chi connectivity index (χ3n) is 4.80. The molecule has 0 bridgehead atoms. The van der Waals surface area contributed by atoms with E-state index >= 15 is 0 Å². The SMILES string of the molecule is CC(C)CCNC(=O)c1cc(N2CCN(c3cccc(Cl)c3)CC2)ccn1. The van der Waals surface area contributed by atoms with Gasteiger partial charge in [0.1, 0.15) is 5.69 Å². The van der Waals surface area contributed by atoms with Crippen molar-refractivity contribution in [3.63, 3.8) is 0 Å². The number of hydrogen-bond donors (Lipinski definition) is 1. The Morgan fingerprint density at radius 1 is 1.11 bits per heavy atom. The van der Waals surface area contributed by atoms with Gasteiger partial charge in [0.25, 0.3) is 5.91 Å². The number of rotatable bonds is 6. The number of anilines is 2. The third kappa shape index (κ3) is 5.36. The Morgan fingerprint density at radius 3 is 2.41 bits per heavy atom. The van der Waals surface area contributed by atoms with Gasteiger partial charge in [-0.1, -0.05) is 31.5 Å². The monoisotopic (exact) mass is 386 g/mol. The largest absolute Gasteiger partial charge is 0.368 e. The van der Waals surface area contributed by atoms with Crippen LogP contribution in [0.15, 0.2) is 42.6 Å². The second-order valence-corrected chi connectivity index (χ2v) is 7.73. The van der Waals surface area contributed by atoms with E-state index < -0.39 is 0 Å². The molecule has 0 saturated carbocycles. The molecule has 6 heteroatoms. The molecule has 1 aromatic heterocycles. The molecular formula is C21H27ClN4O. The summed E-state index contributed by atoms with van der Waals surface area (Å²) in [5.41, 5.74) is 2.68. The Kier molecular flexibility index (Phi) is 6.56. The van der Waals surface area contributed by atoms with Gasteiger partial charge in [0, 0.05) is 55.3 Å². The van der Waals surface area contributed by atoms with Crippen LogP contribution in [0.5, 0.6) is 0 Å². The maximum atomic E-state index is 12.3. The van der Waals surface area contributed by atoms with Crippen LogP contribution in [0.1, 0.15) is 30.8 Å². The number of benzene rings is 1. The van der Waals surface area contributed by atoms with Gasteiger partial charge in [0.15, 0.2) is 0 Å². The van der Waals surface area contributed by atoms with Crippen LogP contribution in [0, 0.1) is 5.92 Å². The van der Waals surface area contributed by atoms with Crippen molar-refractivity contribution in [2.75, 3.05) is 42.5 Å². The molecule has 1 aromatic carbocycles. The zero-order chi connectivity index (χ0) is 19.2. The summed E-state index contributed by atoms with van der Waals surface area (Å²) in [6.07, 6.45) is 2.69. The Hall–Kier alpha value is -2.27. The first-order valence-corrected chi connectivity index (χ1v) is 9.90. The van der Waals surface area contributed by atoms with E-state index in [2.05, 4.69) is 40.0 Å². The average Bonchev–Trinajstić information content (AvgIpc) is 2.68. The normalized spacial score (nSPS) is 14.5. The molecule has 3 rings (SSSR count). The lowest BCUT2D eigenvalue weighted by atomic mass is 10.1. The fraction of sp³-hybridized carbons (Fsp3) is 0.429. The second kappa shape index (κ2) is 9.09. The van der Waals surface area contributed by atoms with E-state index in [9.17, 15) is 4.79 Å². The summed E-state index contributed by atoms with van der Waals surface area (Å²) >= 11 is 6.11. The molecule has 0 unspecified atom stereocenters. The quantitative estimate of drug-likeness (QED) is 0.819. The van der Waals surface area contributed by atoms with Crippen molar-refractivity contribution < 1.29 is 4.79 Å². The van der Waals surface area contributed by atoms with Crippen molar-refractivity contribution >= 4 is 28.9 Å². The molecule has 1 saturated heterocycles. The molecule has 0 aliphatic carbocycles. The molecule has 0 radical (unpaired) electrons. The summed E-state index contributed by atoms with van der Waals surface area (Å²) < 4.78 is 0. The number of nitrogens with one attached hydrogen (secondary N) is 1. The number of pyridine rings is 1. The van der Waals surface area contributed by atoms with Crippen LogP contribution >= 0.6 is 11.6 Å². The molecule has 0 spiro atoms. The number of hydrogen-bond acceptors (Lipinski definition) is 4. The van der Waals surface area contributed by atoms with Crippen LogP contribution in [0.25, 0.3) is 0 Å². The molecule has 1 amide bonds. The first-order valence-electron chi connectivity index (χ1n) is 9.52. The van der Waals surface area contributed by atoms with Crippen molar-refractivity contribution in [2.24, 2.45) is 5.92 Å². The number of amides is 1. The summed E-state index contributed by atoms with van der Waals surface area (Å²) in [5.74, 6) is 0.468. The van der Waals surface area contributed by atoms with E-state index in [0.29, 0.717) is 18.2 Å². The van der Waals surface area contributed by atoms with E-state index in [1.165, 1.54) is 0 Å². The molecule has 1 N–H and O–H groups in total. The van der Waals surface area contributed by atoms with Gasteiger partial charge in [-0.25, -0.2) is 0 Å². The van der Waals surface area contributed by atoms with Gasteiger partial charge in [-0.2, -0.15) is 0 Å². The summed E-state index contributed by atoms with van der Waals surface area (Å²) in [6, 6.07) is 11.8. The smallest absolute Gasteiger partial charge is 0.269 e. The maximum absolute atomic E-state index is 12.3. The Labute approximate surface area is 166 Å². The molecule has 5 nitrogen and oxygen atoms in total.